The molecule has 1 N–H and O–H groups in total. The van der Waals surface area contributed by atoms with Gasteiger partial charge in [0.25, 0.3) is 0 Å². The molecule has 0 aliphatic carbocycles. The predicted molar refractivity (Wildman–Crippen MR) is 45.7 cm³/mol. The fourth-order valence-electron chi connectivity index (χ4n) is 0.929. The lowest BCUT2D eigenvalue weighted by molar-refractivity contribution is 0.474. The average Bonchev–Trinajstić information content (AvgIpc) is 2.05. The smallest absolute Gasteiger partial charge is 0.115 e. The largest absolute Gasteiger partial charge is 0.508 e. The number of phenols is 1. The Balaban J connectivity index is 2.94. The Hall–Kier alpha value is -1.67. The second-order valence-corrected chi connectivity index (χ2v) is 2.48. The van der Waals surface area contributed by atoms with Crippen molar-refractivity contribution in [3.63, 3.8) is 0 Å². The Morgan fingerprint density at radius 3 is 2.92 bits per heavy atom. The summed E-state index contributed by atoms with van der Waals surface area (Å²) in [6.07, 6.45) is 0. The van der Waals surface area contributed by atoms with Gasteiger partial charge in [-0.3, -0.25) is 0 Å². The second kappa shape index (κ2) is 3.64. The molecule has 0 heterocycles. The molecule has 0 bridgehead atoms. The normalized spacial score (nSPS) is 11.8. The highest BCUT2D eigenvalue weighted by atomic mass is 16.3. The molecule has 0 aromatic heterocycles. The number of rotatable bonds is 2. The van der Waals surface area contributed by atoms with Crippen molar-refractivity contribution in [2.75, 3.05) is 0 Å². The van der Waals surface area contributed by atoms with Crippen molar-refractivity contribution >= 4 is 0 Å². The molecule has 0 spiro atoms. The van der Waals surface area contributed by atoms with Gasteiger partial charge >= 0.3 is 0 Å². The maximum Gasteiger partial charge on any atom is 0.115 e. The monoisotopic (exact) mass is 163 g/mol. The highest BCUT2D eigenvalue weighted by Crippen LogP contribution is 2.20. The quantitative estimate of drug-likeness (QED) is 0.406. The standard InChI is InChI=1S/C8H9N3O/c1-6(10-11-9)7-3-2-4-8(12)5-7/h2-6,12H,1H3. The molecular weight excluding hydrogens is 154 g/mol. The molecule has 0 saturated heterocycles. The SMILES string of the molecule is CC(N=[N+]=[N-])c1cccc(O)c1. The van der Waals surface area contributed by atoms with E-state index in [0.29, 0.717) is 0 Å². The van der Waals surface area contributed by atoms with Crippen LogP contribution in [0.4, 0.5) is 0 Å². The van der Waals surface area contributed by atoms with Crippen LogP contribution in [0.5, 0.6) is 5.75 Å². The molecule has 1 aromatic carbocycles. The van der Waals surface area contributed by atoms with Crippen LogP contribution in [0.1, 0.15) is 18.5 Å². The molecule has 4 nitrogen and oxygen atoms in total. The van der Waals surface area contributed by atoms with Crippen molar-refractivity contribution in [1.82, 2.24) is 0 Å². The molecule has 1 atom stereocenters. The van der Waals surface area contributed by atoms with Crippen LogP contribution in [0.2, 0.25) is 0 Å². The van der Waals surface area contributed by atoms with Crippen LogP contribution in [0.15, 0.2) is 29.4 Å². The first-order chi connectivity index (χ1) is 5.74. The summed E-state index contributed by atoms with van der Waals surface area (Å²) in [7, 11) is 0. The van der Waals surface area contributed by atoms with Gasteiger partial charge in [0.15, 0.2) is 0 Å². The molecule has 1 rings (SSSR count). The Bertz CT molecular complexity index is 318. The van der Waals surface area contributed by atoms with E-state index in [2.05, 4.69) is 10.0 Å². The summed E-state index contributed by atoms with van der Waals surface area (Å²) < 4.78 is 0. The molecule has 0 radical (unpaired) electrons. The van der Waals surface area contributed by atoms with Crippen LogP contribution in [-0.4, -0.2) is 5.11 Å². The number of hydrogen-bond acceptors (Lipinski definition) is 2. The van der Waals surface area contributed by atoms with Gasteiger partial charge in [-0.1, -0.05) is 24.2 Å². The predicted octanol–water partition coefficient (Wildman–Crippen LogP) is 2.76. The molecule has 1 unspecified atom stereocenters. The molecule has 0 saturated carbocycles. The summed E-state index contributed by atoms with van der Waals surface area (Å²) in [6.45, 7) is 1.77. The zero-order valence-corrected chi connectivity index (χ0v) is 6.68. The van der Waals surface area contributed by atoms with Crippen LogP contribution in [0, 0.1) is 0 Å². The highest BCUT2D eigenvalue weighted by Gasteiger charge is 2.01. The summed E-state index contributed by atoms with van der Waals surface area (Å²) in [5.74, 6) is 0.187. The van der Waals surface area contributed by atoms with Gasteiger partial charge in [-0.15, -0.1) is 0 Å². The van der Waals surface area contributed by atoms with Crippen molar-refractivity contribution in [3.8, 4) is 5.75 Å². The highest BCUT2D eigenvalue weighted by molar-refractivity contribution is 5.29. The third-order valence-electron chi connectivity index (χ3n) is 1.58. The summed E-state index contributed by atoms with van der Waals surface area (Å²) in [6, 6.07) is 6.45. The zero-order valence-electron chi connectivity index (χ0n) is 6.68. The number of azide groups is 1. The van der Waals surface area contributed by atoms with Gasteiger partial charge in [-0.2, -0.15) is 0 Å². The van der Waals surface area contributed by atoms with Crippen LogP contribution in [0.25, 0.3) is 10.4 Å². The maximum absolute atomic E-state index is 9.10. The van der Waals surface area contributed by atoms with E-state index < -0.39 is 0 Å². The maximum atomic E-state index is 9.10. The van der Waals surface area contributed by atoms with E-state index in [1.165, 1.54) is 0 Å². The number of phenolic OH excluding ortho intramolecular Hbond substituents is 1. The number of benzene rings is 1. The fraction of sp³-hybridized carbons (Fsp3) is 0.250. The molecule has 0 aliphatic rings. The first-order valence-corrected chi connectivity index (χ1v) is 3.57. The summed E-state index contributed by atoms with van der Waals surface area (Å²) in [4.78, 5) is 2.69. The Morgan fingerprint density at radius 2 is 2.33 bits per heavy atom. The minimum atomic E-state index is -0.234. The fourth-order valence-corrected chi connectivity index (χ4v) is 0.929. The van der Waals surface area contributed by atoms with Crippen molar-refractivity contribution in [3.05, 3.63) is 40.3 Å². The van der Waals surface area contributed by atoms with Gasteiger partial charge in [0.2, 0.25) is 0 Å². The van der Waals surface area contributed by atoms with Gasteiger partial charge in [0.1, 0.15) is 5.75 Å². The molecule has 0 aliphatic heterocycles. The summed E-state index contributed by atoms with van der Waals surface area (Å²) in [5.41, 5.74) is 8.98. The topological polar surface area (TPSA) is 69.0 Å². The third kappa shape index (κ3) is 1.90. The molecule has 1 aromatic rings. The van der Waals surface area contributed by atoms with Gasteiger partial charge in [-0.25, -0.2) is 0 Å². The Morgan fingerprint density at radius 1 is 1.58 bits per heavy atom. The van der Waals surface area contributed by atoms with E-state index in [-0.39, 0.29) is 11.8 Å². The molecule has 4 heteroatoms. The lowest BCUT2D eigenvalue weighted by Crippen LogP contribution is -1.86. The minimum Gasteiger partial charge on any atom is -0.508 e. The number of nitrogens with zero attached hydrogens (tertiary/aromatic N) is 3. The van der Waals surface area contributed by atoms with Gasteiger partial charge in [0.05, 0.1) is 6.04 Å². The minimum absolute atomic E-state index is 0.187. The molecule has 62 valence electrons. The van der Waals surface area contributed by atoms with Crippen molar-refractivity contribution in [2.45, 2.75) is 13.0 Å². The number of hydrogen-bond donors (Lipinski definition) is 1. The molecule has 0 amide bonds. The van der Waals surface area contributed by atoms with E-state index in [1.54, 1.807) is 31.2 Å². The van der Waals surface area contributed by atoms with E-state index in [1.807, 2.05) is 0 Å². The first kappa shape index (κ1) is 8.43. The van der Waals surface area contributed by atoms with E-state index in [0.717, 1.165) is 5.56 Å². The zero-order chi connectivity index (χ0) is 8.97. The molecular formula is C8H9N3O. The summed E-state index contributed by atoms with van der Waals surface area (Å²) >= 11 is 0. The lowest BCUT2D eigenvalue weighted by atomic mass is 10.1. The Labute approximate surface area is 70.1 Å². The van der Waals surface area contributed by atoms with Crippen molar-refractivity contribution in [1.29, 1.82) is 0 Å². The van der Waals surface area contributed by atoms with Crippen LogP contribution in [-0.2, 0) is 0 Å². The lowest BCUT2D eigenvalue weighted by Gasteiger charge is -2.03. The third-order valence-corrected chi connectivity index (χ3v) is 1.58. The van der Waals surface area contributed by atoms with E-state index in [4.69, 9.17) is 10.6 Å². The van der Waals surface area contributed by atoms with E-state index >= 15 is 0 Å². The van der Waals surface area contributed by atoms with Crippen LogP contribution < -0.4 is 0 Å². The average molecular weight is 163 g/mol. The molecule has 12 heavy (non-hydrogen) atoms. The second-order valence-electron chi connectivity index (χ2n) is 2.48. The van der Waals surface area contributed by atoms with Gasteiger partial charge < -0.3 is 5.11 Å². The van der Waals surface area contributed by atoms with Crippen molar-refractivity contribution < 1.29 is 5.11 Å². The summed E-state index contributed by atoms with van der Waals surface area (Å²) in [5, 5.41) is 12.6. The van der Waals surface area contributed by atoms with Crippen molar-refractivity contribution in [2.24, 2.45) is 5.11 Å². The van der Waals surface area contributed by atoms with Crippen LogP contribution >= 0.6 is 0 Å². The van der Waals surface area contributed by atoms with Gasteiger partial charge in [-0.05, 0) is 23.2 Å². The van der Waals surface area contributed by atoms with Crippen LogP contribution in [0.3, 0.4) is 0 Å². The first-order valence-electron chi connectivity index (χ1n) is 3.57. The Kier molecular flexibility index (Phi) is 2.56. The number of aromatic hydroxyl groups is 1. The molecule has 0 fully saturated rings. The van der Waals surface area contributed by atoms with E-state index in [9.17, 15) is 0 Å². The van der Waals surface area contributed by atoms with Gasteiger partial charge in [0, 0.05) is 4.91 Å².